The van der Waals surface area contributed by atoms with E-state index < -0.39 is 0 Å². The van der Waals surface area contributed by atoms with Crippen LogP contribution in [-0.2, 0) is 6.42 Å². The van der Waals surface area contributed by atoms with E-state index in [1.54, 1.807) is 12.1 Å². The molecule has 1 aromatic carbocycles. The SMILES string of the molecule is Cc1nc(Cc2ccc(Cl)cc2Cl)nc(NN)c1C(C)C. The fraction of sp³-hybridized carbons (Fsp3) is 0.333. The highest BCUT2D eigenvalue weighted by atomic mass is 35.5. The summed E-state index contributed by atoms with van der Waals surface area (Å²) in [7, 11) is 0. The van der Waals surface area contributed by atoms with Crippen LogP contribution in [0.25, 0.3) is 0 Å². The predicted molar refractivity (Wildman–Crippen MR) is 87.9 cm³/mol. The average molecular weight is 325 g/mol. The van der Waals surface area contributed by atoms with E-state index in [0.717, 1.165) is 16.8 Å². The van der Waals surface area contributed by atoms with E-state index >= 15 is 0 Å². The molecule has 0 saturated heterocycles. The molecule has 0 aliphatic carbocycles. The molecular weight excluding hydrogens is 307 g/mol. The van der Waals surface area contributed by atoms with Gasteiger partial charge in [0, 0.05) is 27.7 Å². The lowest BCUT2D eigenvalue weighted by molar-refractivity contribution is 0.812. The second-order valence-electron chi connectivity index (χ2n) is 5.20. The Hall–Kier alpha value is -1.36. The standard InChI is InChI=1S/C15H18Cl2N4/c1-8(2)14-9(3)19-13(20-15(14)21-18)6-10-4-5-11(16)7-12(10)17/h4-5,7-8H,6,18H2,1-3H3,(H,19,20,21). The van der Waals surface area contributed by atoms with Crippen LogP contribution in [-0.4, -0.2) is 9.97 Å². The summed E-state index contributed by atoms with van der Waals surface area (Å²) in [5.41, 5.74) is 5.55. The largest absolute Gasteiger partial charge is 0.308 e. The Labute approximate surface area is 134 Å². The van der Waals surface area contributed by atoms with E-state index in [1.165, 1.54) is 0 Å². The zero-order chi connectivity index (χ0) is 15.6. The molecule has 3 N–H and O–H groups in total. The molecule has 21 heavy (non-hydrogen) atoms. The molecule has 0 bridgehead atoms. The van der Waals surface area contributed by atoms with Crippen LogP contribution in [0.4, 0.5) is 5.82 Å². The van der Waals surface area contributed by atoms with Crippen molar-refractivity contribution in [1.29, 1.82) is 0 Å². The Morgan fingerprint density at radius 3 is 2.52 bits per heavy atom. The van der Waals surface area contributed by atoms with Crippen LogP contribution in [0.5, 0.6) is 0 Å². The first kappa shape index (κ1) is 16.0. The van der Waals surface area contributed by atoms with Gasteiger partial charge in [0.25, 0.3) is 0 Å². The van der Waals surface area contributed by atoms with E-state index in [-0.39, 0.29) is 0 Å². The van der Waals surface area contributed by atoms with Gasteiger partial charge in [-0.2, -0.15) is 0 Å². The first-order valence-electron chi connectivity index (χ1n) is 6.70. The number of hydrogen-bond acceptors (Lipinski definition) is 4. The second kappa shape index (κ2) is 6.60. The van der Waals surface area contributed by atoms with Crippen LogP contribution in [0, 0.1) is 6.92 Å². The number of nitrogens with one attached hydrogen (secondary N) is 1. The molecule has 0 spiro atoms. The zero-order valence-corrected chi connectivity index (χ0v) is 13.8. The highest BCUT2D eigenvalue weighted by molar-refractivity contribution is 6.35. The second-order valence-corrected chi connectivity index (χ2v) is 6.04. The number of rotatable bonds is 4. The summed E-state index contributed by atoms with van der Waals surface area (Å²) >= 11 is 12.1. The van der Waals surface area contributed by atoms with Gasteiger partial charge in [-0.15, -0.1) is 0 Å². The summed E-state index contributed by atoms with van der Waals surface area (Å²) < 4.78 is 0. The molecule has 4 nitrogen and oxygen atoms in total. The molecule has 1 heterocycles. The smallest absolute Gasteiger partial charge is 0.147 e. The normalized spacial score (nSPS) is 11.0. The van der Waals surface area contributed by atoms with Crippen molar-refractivity contribution in [1.82, 2.24) is 9.97 Å². The lowest BCUT2D eigenvalue weighted by atomic mass is 10.0. The van der Waals surface area contributed by atoms with E-state index in [4.69, 9.17) is 29.0 Å². The third-order valence-corrected chi connectivity index (χ3v) is 3.85. The van der Waals surface area contributed by atoms with E-state index in [1.807, 2.05) is 13.0 Å². The van der Waals surface area contributed by atoms with Gasteiger partial charge in [0.15, 0.2) is 0 Å². The lowest BCUT2D eigenvalue weighted by Gasteiger charge is -2.15. The average Bonchev–Trinajstić information content (AvgIpc) is 2.40. The van der Waals surface area contributed by atoms with Gasteiger partial charge in [0.1, 0.15) is 11.6 Å². The molecule has 0 radical (unpaired) electrons. The maximum Gasteiger partial charge on any atom is 0.147 e. The Balaban J connectivity index is 2.39. The number of nitrogens with zero attached hydrogens (tertiary/aromatic N) is 2. The Morgan fingerprint density at radius 1 is 1.24 bits per heavy atom. The van der Waals surface area contributed by atoms with Gasteiger partial charge in [0.05, 0.1) is 0 Å². The van der Waals surface area contributed by atoms with Gasteiger partial charge < -0.3 is 5.43 Å². The fourth-order valence-corrected chi connectivity index (χ4v) is 2.83. The van der Waals surface area contributed by atoms with Crippen molar-refractivity contribution in [3.8, 4) is 0 Å². The number of aromatic nitrogens is 2. The van der Waals surface area contributed by atoms with Crippen LogP contribution >= 0.6 is 23.2 Å². The topological polar surface area (TPSA) is 63.8 Å². The van der Waals surface area contributed by atoms with E-state index in [0.29, 0.717) is 34.0 Å². The molecular formula is C15H18Cl2N4. The number of hydrogen-bond donors (Lipinski definition) is 2. The van der Waals surface area contributed by atoms with Gasteiger partial charge in [-0.1, -0.05) is 43.1 Å². The Bertz CT molecular complexity index is 656. The van der Waals surface area contributed by atoms with Gasteiger partial charge >= 0.3 is 0 Å². The first-order chi connectivity index (χ1) is 9.92. The van der Waals surface area contributed by atoms with Gasteiger partial charge in [-0.05, 0) is 30.5 Å². The zero-order valence-electron chi connectivity index (χ0n) is 12.2. The number of aryl methyl sites for hydroxylation is 1. The molecule has 0 aliphatic heterocycles. The molecule has 2 rings (SSSR count). The number of halogens is 2. The molecule has 0 unspecified atom stereocenters. The molecule has 6 heteroatoms. The van der Waals surface area contributed by atoms with Gasteiger partial charge in [-0.25, -0.2) is 15.8 Å². The van der Waals surface area contributed by atoms with Gasteiger partial charge in [0.2, 0.25) is 0 Å². The Kier molecular flexibility index (Phi) is 5.04. The van der Waals surface area contributed by atoms with Crippen molar-refractivity contribution in [3.05, 3.63) is 50.9 Å². The molecule has 0 saturated carbocycles. The third-order valence-electron chi connectivity index (χ3n) is 3.26. The summed E-state index contributed by atoms with van der Waals surface area (Å²) in [4.78, 5) is 9.06. The van der Waals surface area contributed by atoms with Crippen molar-refractivity contribution >= 4 is 29.0 Å². The Morgan fingerprint density at radius 2 is 1.95 bits per heavy atom. The minimum atomic E-state index is 0.296. The van der Waals surface area contributed by atoms with Crippen molar-refractivity contribution < 1.29 is 0 Å². The van der Waals surface area contributed by atoms with Crippen LogP contribution in [0.15, 0.2) is 18.2 Å². The van der Waals surface area contributed by atoms with Crippen molar-refractivity contribution in [2.75, 3.05) is 5.43 Å². The predicted octanol–water partition coefficient (Wildman–Crippen LogP) is 4.09. The summed E-state index contributed by atoms with van der Waals surface area (Å²) in [6.45, 7) is 6.13. The quantitative estimate of drug-likeness (QED) is 0.656. The molecule has 0 amide bonds. The summed E-state index contributed by atoms with van der Waals surface area (Å²) in [5.74, 6) is 7.22. The van der Waals surface area contributed by atoms with Crippen molar-refractivity contribution in [2.45, 2.75) is 33.1 Å². The van der Waals surface area contributed by atoms with Crippen LogP contribution in [0.3, 0.4) is 0 Å². The van der Waals surface area contributed by atoms with Crippen molar-refractivity contribution in [2.24, 2.45) is 5.84 Å². The fourth-order valence-electron chi connectivity index (χ4n) is 2.36. The van der Waals surface area contributed by atoms with Crippen LogP contribution < -0.4 is 11.3 Å². The molecule has 0 atom stereocenters. The lowest BCUT2D eigenvalue weighted by Crippen LogP contribution is -2.15. The molecule has 2 aromatic rings. The van der Waals surface area contributed by atoms with Crippen LogP contribution in [0.2, 0.25) is 10.0 Å². The summed E-state index contributed by atoms with van der Waals surface area (Å²) in [5, 5.41) is 1.22. The molecule has 0 fully saturated rings. The number of nitrogen functional groups attached to an aromatic ring is 1. The first-order valence-corrected chi connectivity index (χ1v) is 7.46. The van der Waals surface area contributed by atoms with E-state index in [9.17, 15) is 0 Å². The van der Waals surface area contributed by atoms with Crippen molar-refractivity contribution in [3.63, 3.8) is 0 Å². The number of anilines is 1. The maximum atomic E-state index is 6.19. The number of hydrazine groups is 1. The molecule has 1 aromatic heterocycles. The minimum Gasteiger partial charge on any atom is -0.308 e. The van der Waals surface area contributed by atoms with Gasteiger partial charge in [-0.3, -0.25) is 0 Å². The number of benzene rings is 1. The third kappa shape index (κ3) is 3.64. The molecule has 112 valence electrons. The molecule has 0 aliphatic rings. The highest BCUT2D eigenvalue weighted by Gasteiger charge is 2.15. The summed E-state index contributed by atoms with van der Waals surface area (Å²) in [6.07, 6.45) is 0.532. The number of nitrogens with two attached hydrogens (primary N) is 1. The van der Waals surface area contributed by atoms with E-state index in [2.05, 4.69) is 29.2 Å². The van der Waals surface area contributed by atoms with Crippen LogP contribution in [0.1, 0.15) is 42.4 Å². The minimum absolute atomic E-state index is 0.296. The summed E-state index contributed by atoms with van der Waals surface area (Å²) in [6, 6.07) is 5.41. The monoisotopic (exact) mass is 324 g/mol. The maximum absolute atomic E-state index is 6.19. The highest BCUT2D eigenvalue weighted by Crippen LogP contribution is 2.27.